The maximum absolute atomic E-state index is 13.0. The number of rotatable bonds is 9. The van der Waals surface area contributed by atoms with Crippen molar-refractivity contribution in [2.24, 2.45) is 5.92 Å². The lowest BCUT2D eigenvalue weighted by atomic mass is 9.83. The summed E-state index contributed by atoms with van der Waals surface area (Å²) >= 11 is 0. The number of carbonyl (C=O) groups excluding carboxylic acids is 2. The van der Waals surface area contributed by atoms with Gasteiger partial charge in [0.2, 0.25) is 5.91 Å². The van der Waals surface area contributed by atoms with Crippen LogP contribution in [0.4, 0.5) is 4.79 Å². The maximum atomic E-state index is 13.0. The molecule has 0 bridgehead atoms. The average molecular weight is 479 g/mol. The van der Waals surface area contributed by atoms with Crippen molar-refractivity contribution in [3.63, 3.8) is 0 Å². The molecule has 0 aliphatic heterocycles. The number of nitrogens with one attached hydrogen (secondary N) is 2. The molecule has 0 saturated heterocycles. The molecule has 186 valence electrons. The first-order valence-electron chi connectivity index (χ1n) is 12.6. The molecule has 2 aliphatic carbocycles. The number of carboxylic acids is 1. The molecule has 3 N–H and O–H groups in total. The van der Waals surface area contributed by atoms with Gasteiger partial charge in [-0.25, -0.2) is 9.59 Å². The summed E-state index contributed by atoms with van der Waals surface area (Å²) in [5, 5.41) is 15.1. The van der Waals surface area contributed by atoms with E-state index < -0.39 is 30.1 Å². The highest BCUT2D eigenvalue weighted by Gasteiger charge is 2.34. The molecule has 7 nitrogen and oxygen atoms in total. The number of aliphatic carboxylic acids is 1. The van der Waals surface area contributed by atoms with Gasteiger partial charge in [-0.05, 0) is 47.4 Å². The van der Waals surface area contributed by atoms with E-state index in [1.165, 1.54) is 0 Å². The zero-order chi connectivity index (χ0) is 24.8. The molecule has 0 spiro atoms. The second-order valence-electron chi connectivity index (χ2n) is 9.53. The summed E-state index contributed by atoms with van der Waals surface area (Å²) in [6.45, 7) is 2.07. The zero-order valence-electron chi connectivity index (χ0n) is 20.2. The topological polar surface area (TPSA) is 105 Å². The zero-order valence-corrected chi connectivity index (χ0v) is 20.2. The van der Waals surface area contributed by atoms with Crippen LogP contribution in [0.1, 0.15) is 68.9 Å². The van der Waals surface area contributed by atoms with Gasteiger partial charge in [0, 0.05) is 5.92 Å². The predicted octanol–water partition coefficient (Wildman–Crippen LogP) is 4.84. The van der Waals surface area contributed by atoms with Crippen molar-refractivity contribution in [2.75, 3.05) is 6.61 Å². The van der Waals surface area contributed by atoms with Gasteiger partial charge in [-0.1, -0.05) is 81.1 Å². The van der Waals surface area contributed by atoms with Crippen LogP contribution in [0.25, 0.3) is 11.1 Å². The van der Waals surface area contributed by atoms with Crippen molar-refractivity contribution in [1.29, 1.82) is 0 Å². The van der Waals surface area contributed by atoms with Crippen LogP contribution in [-0.4, -0.2) is 41.8 Å². The number of carboxylic acid groups (broad SMARTS) is 1. The average Bonchev–Trinajstić information content (AvgIpc) is 3.19. The highest BCUT2D eigenvalue weighted by molar-refractivity contribution is 5.89. The smallest absolute Gasteiger partial charge is 0.407 e. The Bertz CT molecular complexity index is 1020. The molecule has 2 aliphatic rings. The van der Waals surface area contributed by atoms with Gasteiger partial charge in [0.25, 0.3) is 0 Å². The third-order valence-corrected chi connectivity index (χ3v) is 7.21. The molecule has 4 rings (SSSR count). The van der Waals surface area contributed by atoms with E-state index in [4.69, 9.17) is 4.74 Å². The molecule has 0 heterocycles. The van der Waals surface area contributed by atoms with Crippen LogP contribution in [0.2, 0.25) is 0 Å². The van der Waals surface area contributed by atoms with E-state index in [1.54, 1.807) is 0 Å². The number of alkyl carbamates (subject to hydrolysis) is 1. The molecule has 1 saturated carbocycles. The normalized spacial score (nSPS) is 17.1. The Morgan fingerprint density at radius 2 is 1.54 bits per heavy atom. The lowest BCUT2D eigenvalue weighted by Crippen LogP contribution is -2.54. The van der Waals surface area contributed by atoms with Crippen LogP contribution in [0.15, 0.2) is 48.5 Å². The first-order chi connectivity index (χ1) is 17.0. The SMILES string of the molecule is CCC[C@H](NC(=O)OCC1c2ccccc2-c2ccccc21)C(=O)NC(C(=O)O)C1CCCCC1. The summed E-state index contributed by atoms with van der Waals surface area (Å²) in [6.07, 6.45) is 4.99. The summed E-state index contributed by atoms with van der Waals surface area (Å²) in [5.41, 5.74) is 4.51. The highest BCUT2D eigenvalue weighted by Crippen LogP contribution is 2.44. The van der Waals surface area contributed by atoms with Gasteiger partial charge in [0.05, 0.1) is 0 Å². The number of hydrogen-bond acceptors (Lipinski definition) is 4. The fourth-order valence-corrected chi connectivity index (χ4v) is 5.44. The van der Waals surface area contributed by atoms with Crippen molar-refractivity contribution < 1.29 is 24.2 Å². The Balaban J connectivity index is 1.38. The number of fused-ring (bicyclic) bond motifs is 3. The van der Waals surface area contributed by atoms with Crippen molar-refractivity contribution >= 4 is 18.0 Å². The van der Waals surface area contributed by atoms with Crippen LogP contribution in [-0.2, 0) is 14.3 Å². The van der Waals surface area contributed by atoms with E-state index in [9.17, 15) is 19.5 Å². The van der Waals surface area contributed by atoms with Crippen LogP contribution >= 0.6 is 0 Å². The second-order valence-corrected chi connectivity index (χ2v) is 9.53. The van der Waals surface area contributed by atoms with Gasteiger partial charge in [0.15, 0.2) is 0 Å². The molecule has 35 heavy (non-hydrogen) atoms. The maximum Gasteiger partial charge on any atom is 0.407 e. The number of hydrogen-bond donors (Lipinski definition) is 3. The number of carbonyl (C=O) groups is 3. The van der Waals surface area contributed by atoms with E-state index in [1.807, 2.05) is 43.3 Å². The standard InChI is InChI=1S/C28H34N2O5/c1-2-10-24(26(31)30-25(27(32)33)18-11-4-3-5-12-18)29-28(34)35-17-23-21-15-8-6-13-19(21)20-14-7-9-16-22(20)23/h6-9,13-16,18,23-25H,2-5,10-12,17H2,1H3,(H,29,34)(H,30,31)(H,32,33)/t24-,25?/m0/s1. The molecule has 0 aromatic heterocycles. The summed E-state index contributed by atoms with van der Waals surface area (Å²) in [6, 6.07) is 14.4. The van der Waals surface area contributed by atoms with Crippen LogP contribution in [0, 0.1) is 5.92 Å². The minimum atomic E-state index is -1.03. The largest absolute Gasteiger partial charge is 0.480 e. The van der Waals surface area contributed by atoms with Gasteiger partial charge >= 0.3 is 12.1 Å². The first-order valence-corrected chi connectivity index (χ1v) is 12.6. The predicted molar refractivity (Wildman–Crippen MR) is 133 cm³/mol. The Kier molecular flexibility index (Phi) is 8.06. The van der Waals surface area contributed by atoms with Gasteiger partial charge < -0.3 is 20.5 Å². The van der Waals surface area contributed by atoms with Crippen molar-refractivity contribution in [3.8, 4) is 11.1 Å². The van der Waals surface area contributed by atoms with Crippen LogP contribution < -0.4 is 10.6 Å². The van der Waals surface area contributed by atoms with Crippen molar-refractivity contribution in [1.82, 2.24) is 10.6 Å². The van der Waals surface area contributed by atoms with Gasteiger partial charge in [-0.3, -0.25) is 4.79 Å². The fraction of sp³-hybridized carbons (Fsp3) is 0.464. The number of benzene rings is 2. The molecule has 2 atom stereocenters. The summed E-state index contributed by atoms with van der Waals surface area (Å²) in [5.74, 6) is -1.66. The number of amides is 2. The molecule has 7 heteroatoms. The molecule has 2 aromatic carbocycles. The summed E-state index contributed by atoms with van der Waals surface area (Å²) in [4.78, 5) is 37.5. The lowest BCUT2D eigenvalue weighted by molar-refractivity contribution is -0.144. The molecule has 1 unspecified atom stereocenters. The lowest BCUT2D eigenvalue weighted by Gasteiger charge is -2.29. The van der Waals surface area contributed by atoms with Gasteiger partial charge in [0.1, 0.15) is 18.7 Å². The van der Waals surface area contributed by atoms with Crippen molar-refractivity contribution in [3.05, 3.63) is 59.7 Å². The quantitative estimate of drug-likeness (QED) is 0.478. The Morgan fingerprint density at radius 1 is 0.943 bits per heavy atom. The highest BCUT2D eigenvalue weighted by atomic mass is 16.5. The molecule has 1 fully saturated rings. The fourth-order valence-electron chi connectivity index (χ4n) is 5.44. The van der Waals surface area contributed by atoms with Crippen molar-refractivity contribution in [2.45, 2.75) is 69.9 Å². The molecule has 2 amide bonds. The Labute approximate surface area is 206 Å². The Morgan fingerprint density at radius 3 is 2.11 bits per heavy atom. The van der Waals surface area contributed by atoms with E-state index in [2.05, 4.69) is 22.8 Å². The van der Waals surface area contributed by atoms with E-state index in [-0.39, 0.29) is 18.4 Å². The van der Waals surface area contributed by atoms with Crippen LogP contribution in [0.5, 0.6) is 0 Å². The monoisotopic (exact) mass is 478 g/mol. The summed E-state index contributed by atoms with van der Waals surface area (Å²) < 4.78 is 5.59. The minimum absolute atomic E-state index is 0.0747. The molecular formula is C28H34N2O5. The van der Waals surface area contributed by atoms with E-state index in [0.29, 0.717) is 12.8 Å². The van der Waals surface area contributed by atoms with E-state index >= 15 is 0 Å². The minimum Gasteiger partial charge on any atom is -0.480 e. The third kappa shape index (κ3) is 5.66. The molecule has 2 aromatic rings. The second kappa shape index (κ2) is 11.4. The van der Waals surface area contributed by atoms with E-state index in [0.717, 1.165) is 54.4 Å². The first kappa shape index (κ1) is 24.8. The molecule has 0 radical (unpaired) electrons. The molecular weight excluding hydrogens is 444 g/mol. The van der Waals surface area contributed by atoms with Gasteiger partial charge in [-0.15, -0.1) is 0 Å². The number of ether oxygens (including phenoxy) is 1. The van der Waals surface area contributed by atoms with Crippen LogP contribution in [0.3, 0.4) is 0 Å². The third-order valence-electron chi connectivity index (χ3n) is 7.21. The van der Waals surface area contributed by atoms with Gasteiger partial charge in [-0.2, -0.15) is 0 Å². The Hall–Kier alpha value is -3.35. The summed E-state index contributed by atoms with van der Waals surface area (Å²) in [7, 11) is 0.